The number of nitrogens with one attached hydrogen (secondary N) is 2. The molecule has 1 unspecified atom stereocenters. The third-order valence-electron chi connectivity index (χ3n) is 3.93. The lowest BCUT2D eigenvalue weighted by Gasteiger charge is -2.07. The minimum Gasteiger partial charge on any atom is -0.481 e. The Labute approximate surface area is 126 Å². The van der Waals surface area contributed by atoms with Gasteiger partial charge < -0.3 is 15.7 Å². The highest BCUT2D eigenvalue weighted by Crippen LogP contribution is 2.26. The second-order valence-corrected chi connectivity index (χ2v) is 5.95. The Morgan fingerprint density at radius 3 is 3.00 bits per heavy atom. The standard InChI is InChI=1S/C17H26N2O2/c1-13-11-15-12-14(6-7-16(15)19-13)8-10-18-9-4-2-3-5-17(20)21/h6-7,12-13,18-19H,2-5,8-11H2,1H3,(H,20,21). The number of unbranched alkanes of at least 4 members (excludes halogenated alkanes) is 2. The summed E-state index contributed by atoms with van der Waals surface area (Å²) in [6.45, 7) is 4.18. The van der Waals surface area contributed by atoms with Gasteiger partial charge in [-0.05, 0) is 62.9 Å². The number of hydrogen-bond acceptors (Lipinski definition) is 3. The van der Waals surface area contributed by atoms with Crippen molar-refractivity contribution in [1.29, 1.82) is 0 Å². The van der Waals surface area contributed by atoms with Gasteiger partial charge in [-0.25, -0.2) is 0 Å². The van der Waals surface area contributed by atoms with E-state index >= 15 is 0 Å². The fourth-order valence-corrected chi connectivity index (χ4v) is 2.82. The Morgan fingerprint density at radius 2 is 2.19 bits per heavy atom. The summed E-state index contributed by atoms with van der Waals surface area (Å²) in [4.78, 5) is 10.4. The number of aliphatic carboxylic acids is 1. The smallest absolute Gasteiger partial charge is 0.303 e. The molecule has 21 heavy (non-hydrogen) atoms. The van der Waals surface area contributed by atoms with Crippen LogP contribution < -0.4 is 10.6 Å². The summed E-state index contributed by atoms with van der Waals surface area (Å²) in [7, 11) is 0. The number of carboxylic acid groups (broad SMARTS) is 1. The van der Waals surface area contributed by atoms with E-state index in [9.17, 15) is 4.79 Å². The van der Waals surface area contributed by atoms with E-state index in [2.05, 4.69) is 35.8 Å². The second kappa shape index (κ2) is 8.03. The summed E-state index contributed by atoms with van der Waals surface area (Å²) in [6.07, 6.45) is 5.30. The lowest BCUT2D eigenvalue weighted by Crippen LogP contribution is -2.18. The van der Waals surface area contributed by atoms with Crippen molar-refractivity contribution in [2.75, 3.05) is 18.4 Å². The maximum atomic E-state index is 10.4. The van der Waals surface area contributed by atoms with Crippen LogP contribution in [0, 0.1) is 0 Å². The minimum absolute atomic E-state index is 0.293. The monoisotopic (exact) mass is 290 g/mol. The van der Waals surface area contributed by atoms with Gasteiger partial charge in [0, 0.05) is 18.2 Å². The zero-order valence-corrected chi connectivity index (χ0v) is 12.8. The lowest BCUT2D eigenvalue weighted by atomic mass is 10.0. The van der Waals surface area contributed by atoms with E-state index in [4.69, 9.17) is 5.11 Å². The molecule has 2 rings (SSSR count). The molecule has 0 saturated heterocycles. The van der Waals surface area contributed by atoms with Crippen LogP contribution in [0.5, 0.6) is 0 Å². The van der Waals surface area contributed by atoms with Gasteiger partial charge in [0.05, 0.1) is 0 Å². The highest BCUT2D eigenvalue weighted by molar-refractivity contribution is 5.66. The molecular weight excluding hydrogens is 264 g/mol. The molecule has 1 aliphatic heterocycles. The molecule has 4 heteroatoms. The molecule has 0 spiro atoms. The van der Waals surface area contributed by atoms with Crippen LogP contribution in [-0.4, -0.2) is 30.2 Å². The highest BCUT2D eigenvalue weighted by atomic mass is 16.4. The predicted octanol–water partition coefficient (Wildman–Crippen LogP) is 2.82. The Morgan fingerprint density at radius 1 is 1.33 bits per heavy atom. The Bertz CT molecular complexity index is 474. The van der Waals surface area contributed by atoms with Crippen LogP contribution in [0.15, 0.2) is 18.2 Å². The molecule has 3 N–H and O–H groups in total. The van der Waals surface area contributed by atoms with Gasteiger partial charge in [0.2, 0.25) is 0 Å². The lowest BCUT2D eigenvalue weighted by molar-refractivity contribution is -0.137. The van der Waals surface area contributed by atoms with Gasteiger partial charge >= 0.3 is 5.97 Å². The number of rotatable bonds is 9. The van der Waals surface area contributed by atoms with Crippen LogP contribution in [0.3, 0.4) is 0 Å². The van der Waals surface area contributed by atoms with Crippen LogP contribution in [-0.2, 0) is 17.6 Å². The topological polar surface area (TPSA) is 61.4 Å². The minimum atomic E-state index is -0.691. The molecule has 1 aromatic rings. The van der Waals surface area contributed by atoms with Crippen molar-refractivity contribution in [2.45, 2.75) is 51.5 Å². The van der Waals surface area contributed by atoms with Crippen molar-refractivity contribution in [2.24, 2.45) is 0 Å². The van der Waals surface area contributed by atoms with E-state index in [1.165, 1.54) is 16.8 Å². The molecule has 4 nitrogen and oxygen atoms in total. The summed E-state index contributed by atoms with van der Waals surface area (Å²) in [5.74, 6) is -0.691. The Hall–Kier alpha value is -1.55. The van der Waals surface area contributed by atoms with Crippen LogP contribution in [0.25, 0.3) is 0 Å². The van der Waals surface area contributed by atoms with E-state index in [0.717, 1.165) is 45.2 Å². The van der Waals surface area contributed by atoms with Gasteiger partial charge in [0.25, 0.3) is 0 Å². The number of anilines is 1. The zero-order valence-electron chi connectivity index (χ0n) is 12.8. The van der Waals surface area contributed by atoms with Crippen molar-refractivity contribution in [3.05, 3.63) is 29.3 Å². The van der Waals surface area contributed by atoms with E-state index in [1.54, 1.807) is 0 Å². The summed E-state index contributed by atoms with van der Waals surface area (Å²) in [5.41, 5.74) is 4.12. The summed E-state index contributed by atoms with van der Waals surface area (Å²) >= 11 is 0. The van der Waals surface area contributed by atoms with Gasteiger partial charge in [-0.1, -0.05) is 18.6 Å². The quantitative estimate of drug-likeness (QED) is 0.612. The van der Waals surface area contributed by atoms with Crippen LogP contribution in [0.1, 0.15) is 43.7 Å². The predicted molar refractivity (Wildman–Crippen MR) is 85.9 cm³/mol. The van der Waals surface area contributed by atoms with Gasteiger partial charge in [-0.3, -0.25) is 4.79 Å². The molecule has 0 saturated carbocycles. The van der Waals surface area contributed by atoms with Crippen molar-refractivity contribution in [3.63, 3.8) is 0 Å². The number of carbonyl (C=O) groups is 1. The SMILES string of the molecule is CC1Cc2cc(CCNCCCCCC(=O)O)ccc2N1. The molecule has 0 amide bonds. The van der Waals surface area contributed by atoms with E-state index in [0.29, 0.717) is 12.5 Å². The number of hydrogen-bond donors (Lipinski definition) is 3. The fraction of sp³-hybridized carbons (Fsp3) is 0.588. The Kier molecular flexibility index (Phi) is 6.05. The molecule has 0 fully saturated rings. The van der Waals surface area contributed by atoms with Crippen molar-refractivity contribution < 1.29 is 9.90 Å². The van der Waals surface area contributed by atoms with E-state index < -0.39 is 5.97 Å². The maximum Gasteiger partial charge on any atom is 0.303 e. The van der Waals surface area contributed by atoms with E-state index in [-0.39, 0.29) is 0 Å². The fourth-order valence-electron chi connectivity index (χ4n) is 2.82. The first-order valence-corrected chi connectivity index (χ1v) is 7.96. The molecular formula is C17H26N2O2. The number of carboxylic acids is 1. The number of benzene rings is 1. The van der Waals surface area contributed by atoms with Gasteiger partial charge in [-0.15, -0.1) is 0 Å². The first-order chi connectivity index (χ1) is 10.1. The van der Waals surface area contributed by atoms with E-state index in [1.807, 2.05) is 0 Å². The molecule has 0 aliphatic carbocycles. The van der Waals surface area contributed by atoms with Crippen molar-refractivity contribution in [1.82, 2.24) is 5.32 Å². The molecule has 1 heterocycles. The molecule has 0 aromatic heterocycles. The summed E-state index contributed by atoms with van der Waals surface area (Å²) < 4.78 is 0. The molecule has 0 radical (unpaired) electrons. The van der Waals surface area contributed by atoms with Crippen molar-refractivity contribution >= 4 is 11.7 Å². The third-order valence-corrected chi connectivity index (χ3v) is 3.93. The van der Waals surface area contributed by atoms with Gasteiger partial charge in [0.1, 0.15) is 0 Å². The van der Waals surface area contributed by atoms with Crippen LogP contribution >= 0.6 is 0 Å². The summed E-state index contributed by atoms with van der Waals surface area (Å²) in [5, 5.41) is 15.4. The van der Waals surface area contributed by atoms with Crippen molar-refractivity contribution in [3.8, 4) is 0 Å². The highest BCUT2D eigenvalue weighted by Gasteiger charge is 2.16. The average molecular weight is 290 g/mol. The zero-order chi connectivity index (χ0) is 15.1. The molecule has 1 aromatic carbocycles. The first-order valence-electron chi connectivity index (χ1n) is 7.96. The average Bonchev–Trinajstić information content (AvgIpc) is 2.80. The van der Waals surface area contributed by atoms with Gasteiger partial charge in [0.15, 0.2) is 0 Å². The van der Waals surface area contributed by atoms with Crippen LogP contribution in [0.4, 0.5) is 5.69 Å². The summed E-state index contributed by atoms with van der Waals surface area (Å²) in [6, 6.07) is 7.28. The molecule has 1 aliphatic rings. The number of fused-ring (bicyclic) bond motifs is 1. The third kappa shape index (κ3) is 5.38. The molecule has 0 bridgehead atoms. The second-order valence-electron chi connectivity index (χ2n) is 5.95. The molecule has 1 atom stereocenters. The molecule has 116 valence electrons. The largest absolute Gasteiger partial charge is 0.481 e. The first kappa shape index (κ1) is 15.8. The Balaban J connectivity index is 1.57. The van der Waals surface area contributed by atoms with Gasteiger partial charge in [-0.2, -0.15) is 0 Å². The van der Waals surface area contributed by atoms with Crippen LogP contribution in [0.2, 0.25) is 0 Å². The normalized spacial score (nSPS) is 16.5. The maximum absolute atomic E-state index is 10.4.